The van der Waals surface area contributed by atoms with Gasteiger partial charge in [0.05, 0.1) is 0 Å². The van der Waals surface area contributed by atoms with Crippen molar-refractivity contribution in [3.8, 4) is 5.75 Å². The molecule has 0 bridgehead atoms. The first-order chi connectivity index (χ1) is 9.81. The van der Waals surface area contributed by atoms with Crippen LogP contribution in [0.2, 0.25) is 0 Å². The number of hydrogen-bond acceptors (Lipinski definition) is 4. The van der Waals surface area contributed by atoms with Crippen molar-refractivity contribution in [1.82, 2.24) is 5.32 Å². The van der Waals surface area contributed by atoms with Gasteiger partial charge in [-0.25, -0.2) is 9.59 Å². The van der Waals surface area contributed by atoms with Crippen LogP contribution in [0.15, 0.2) is 12.1 Å². The van der Waals surface area contributed by atoms with Crippen LogP contribution < -0.4 is 10.2 Å². The van der Waals surface area contributed by atoms with Gasteiger partial charge in [-0.15, -0.1) is 0 Å². The number of hydrogen-bond donors (Lipinski definition) is 3. The Balaban J connectivity index is 2.51. The molecule has 7 heteroatoms. The smallest absolute Gasteiger partial charge is 0.339 e. The fourth-order valence-electron chi connectivity index (χ4n) is 2.21. The van der Waals surface area contributed by atoms with Crippen LogP contribution in [0.3, 0.4) is 0 Å². The molecule has 1 heterocycles. The van der Waals surface area contributed by atoms with Crippen molar-refractivity contribution in [3.63, 3.8) is 0 Å². The van der Waals surface area contributed by atoms with Crippen LogP contribution in [-0.2, 0) is 4.79 Å². The fourth-order valence-corrected chi connectivity index (χ4v) is 2.21. The van der Waals surface area contributed by atoms with E-state index in [2.05, 4.69) is 5.32 Å². The number of benzene rings is 1. The van der Waals surface area contributed by atoms with E-state index in [9.17, 15) is 19.5 Å². The minimum Gasteiger partial charge on any atom is -0.507 e. The first-order valence-corrected chi connectivity index (χ1v) is 6.52. The molecule has 1 aliphatic rings. The summed E-state index contributed by atoms with van der Waals surface area (Å²) in [4.78, 5) is 35.5. The number of carboxylic acid groups (broad SMARTS) is 1. The number of rotatable bonds is 3. The third-order valence-corrected chi connectivity index (χ3v) is 3.34. The second-order valence-electron chi connectivity index (χ2n) is 5.15. The maximum absolute atomic E-state index is 11.8. The van der Waals surface area contributed by atoms with Gasteiger partial charge in [0.25, 0.3) is 0 Å². The van der Waals surface area contributed by atoms with Crippen molar-refractivity contribution >= 4 is 23.6 Å². The quantitative estimate of drug-likeness (QED) is 0.785. The number of urea groups is 1. The van der Waals surface area contributed by atoms with E-state index in [0.29, 0.717) is 11.3 Å². The summed E-state index contributed by atoms with van der Waals surface area (Å²) in [5, 5.41) is 21.4. The minimum absolute atomic E-state index is 0.113. The monoisotopic (exact) mass is 292 g/mol. The zero-order valence-electron chi connectivity index (χ0n) is 11.7. The van der Waals surface area contributed by atoms with E-state index in [0.717, 1.165) is 0 Å². The van der Waals surface area contributed by atoms with Gasteiger partial charge in [0.1, 0.15) is 11.3 Å². The van der Waals surface area contributed by atoms with Crippen molar-refractivity contribution in [1.29, 1.82) is 0 Å². The molecular weight excluding hydrogens is 276 g/mol. The van der Waals surface area contributed by atoms with Gasteiger partial charge in [-0.05, 0) is 23.6 Å². The zero-order chi connectivity index (χ0) is 15.7. The average molecular weight is 292 g/mol. The van der Waals surface area contributed by atoms with Gasteiger partial charge >= 0.3 is 12.0 Å². The Hall–Kier alpha value is -2.57. The Morgan fingerprint density at radius 3 is 2.52 bits per heavy atom. The molecule has 21 heavy (non-hydrogen) atoms. The number of anilines is 1. The molecule has 112 valence electrons. The number of nitrogens with zero attached hydrogens (tertiary/aromatic N) is 1. The summed E-state index contributed by atoms with van der Waals surface area (Å²) in [6.45, 7) is 3.79. The highest BCUT2D eigenvalue weighted by Gasteiger charge is 2.27. The molecule has 0 unspecified atom stereocenters. The first-order valence-electron chi connectivity index (χ1n) is 6.52. The van der Waals surface area contributed by atoms with E-state index in [-0.39, 0.29) is 36.1 Å². The lowest BCUT2D eigenvalue weighted by Gasteiger charge is -2.27. The van der Waals surface area contributed by atoms with Gasteiger partial charge in [0, 0.05) is 18.7 Å². The van der Waals surface area contributed by atoms with E-state index in [1.54, 1.807) is 6.07 Å². The Labute approximate surface area is 121 Å². The summed E-state index contributed by atoms with van der Waals surface area (Å²) in [5.41, 5.74) is 0.523. The van der Waals surface area contributed by atoms with Crippen molar-refractivity contribution in [2.24, 2.45) is 0 Å². The number of aromatic carboxylic acids is 1. The molecule has 0 aliphatic carbocycles. The topological polar surface area (TPSA) is 107 Å². The van der Waals surface area contributed by atoms with Crippen LogP contribution in [0.4, 0.5) is 10.5 Å². The van der Waals surface area contributed by atoms with Crippen LogP contribution in [0.1, 0.15) is 42.1 Å². The predicted octanol–water partition coefficient (Wildman–Crippen LogP) is 1.66. The summed E-state index contributed by atoms with van der Waals surface area (Å²) in [6, 6.07) is 2.21. The van der Waals surface area contributed by atoms with E-state index in [1.807, 2.05) is 13.8 Å². The third-order valence-electron chi connectivity index (χ3n) is 3.34. The Kier molecular flexibility index (Phi) is 3.84. The number of carbonyl (C=O) groups is 3. The average Bonchev–Trinajstić information content (AvgIpc) is 2.38. The molecule has 1 aromatic carbocycles. The molecule has 0 spiro atoms. The molecule has 7 nitrogen and oxygen atoms in total. The highest BCUT2D eigenvalue weighted by Crippen LogP contribution is 2.34. The lowest BCUT2D eigenvalue weighted by molar-refractivity contribution is -0.120. The molecule has 1 aromatic rings. The fraction of sp³-hybridized carbons (Fsp3) is 0.357. The first kappa shape index (κ1) is 14.8. The molecule has 0 saturated carbocycles. The lowest BCUT2D eigenvalue weighted by Crippen LogP contribution is -2.49. The van der Waals surface area contributed by atoms with E-state index in [4.69, 9.17) is 5.11 Å². The van der Waals surface area contributed by atoms with Crippen LogP contribution in [0, 0.1) is 0 Å². The highest BCUT2D eigenvalue weighted by atomic mass is 16.4. The van der Waals surface area contributed by atoms with Crippen molar-refractivity contribution in [2.75, 3.05) is 11.4 Å². The molecule has 0 atom stereocenters. The molecule has 2 rings (SSSR count). The van der Waals surface area contributed by atoms with Crippen LogP contribution >= 0.6 is 0 Å². The minimum atomic E-state index is -1.27. The zero-order valence-corrected chi connectivity index (χ0v) is 11.7. The SMILES string of the molecule is CC(C)c1cc(N2CCC(=O)NC2=O)cc(C(=O)O)c1O. The Morgan fingerprint density at radius 2 is 2.00 bits per heavy atom. The van der Waals surface area contributed by atoms with Gasteiger partial charge in [0.15, 0.2) is 0 Å². The number of amides is 3. The molecule has 1 aliphatic heterocycles. The van der Waals surface area contributed by atoms with Gasteiger partial charge in [-0.2, -0.15) is 0 Å². The highest BCUT2D eigenvalue weighted by molar-refractivity contribution is 6.06. The Morgan fingerprint density at radius 1 is 1.33 bits per heavy atom. The van der Waals surface area contributed by atoms with Gasteiger partial charge < -0.3 is 10.2 Å². The van der Waals surface area contributed by atoms with E-state index >= 15 is 0 Å². The number of phenols is 1. The number of imide groups is 1. The normalized spacial score (nSPS) is 15.3. The lowest BCUT2D eigenvalue weighted by atomic mass is 9.97. The molecule has 1 saturated heterocycles. The molecule has 0 aromatic heterocycles. The second kappa shape index (κ2) is 5.43. The van der Waals surface area contributed by atoms with Gasteiger partial charge in [-0.3, -0.25) is 15.0 Å². The number of carboxylic acids is 1. The van der Waals surface area contributed by atoms with Crippen molar-refractivity contribution < 1.29 is 24.6 Å². The van der Waals surface area contributed by atoms with E-state index in [1.165, 1.54) is 11.0 Å². The summed E-state index contributed by atoms with van der Waals surface area (Å²) in [7, 11) is 0. The summed E-state index contributed by atoms with van der Waals surface area (Å²) in [5.74, 6) is -2.05. The van der Waals surface area contributed by atoms with Gasteiger partial charge in [0.2, 0.25) is 5.91 Å². The second-order valence-corrected chi connectivity index (χ2v) is 5.15. The molecule has 1 fully saturated rings. The molecule has 3 amide bonds. The van der Waals surface area contributed by atoms with Crippen LogP contribution in [-0.4, -0.2) is 34.7 Å². The summed E-state index contributed by atoms with van der Waals surface area (Å²) < 4.78 is 0. The maximum atomic E-state index is 11.8. The van der Waals surface area contributed by atoms with Crippen molar-refractivity contribution in [2.45, 2.75) is 26.2 Å². The van der Waals surface area contributed by atoms with Crippen LogP contribution in [0.25, 0.3) is 0 Å². The summed E-state index contributed by atoms with van der Waals surface area (Å²) in [6.07, 6.45) is 0.145. The molecule has 3 N–H and O–H groups in total. The van der Waals surface area contributed by atoms with E-state index < -0.39 is 12.0 Å². The predicted molar refractivity (Wildman–Crippen MR) is 74.7 cm³/mol. The maximum Gasteiger partial charge on any atom is 0.339 e. The molecular formula is C14H16N2O5. The number of nitrogens with one attached hydrogen (secondary N) is 1. The van der Waals surface area contributed by atoms with Gasteiger partial charge in [-0.1, -0.05) is 13.8 Å². The summed E-state index contributed by atoms with van der Waals surface area (Å²) >= 11 is 0. The molecule has 0 radical (unpaired) electrons. The number of aromatic hydroxyl groups is 1. The Bertz CT molecular complexity index is 624. The standard InChI is InChI=1S/C14H16N2O5/c1-7(2)9-5-8(6-10(12(9)18)13(19)20)16-4-3-11(17)15-14(16)21/h5-7,18H,3-4H2,1-2H3,(H,19,20)(H,15,17,21). The number of carbonyl (C=O) groups excluding carboxylic acids is 2. The van der Waals surface area contributed by atoms with Crippen LogP contribution in [0.5, 0.6) is 5.75 Å². The largest absolute Gasteiger partial charge is 0.507 e. The van der Waals surface area contributed by atoms with Crippen molar-refractivity contribution in [3.05, 3.63) is 23.3 Å². The third kappa shape index (κ3) is 2.81.